The van der Waals surface area contributed by atoms with Crippen LogP contribution in [0.1, 0.15) is 0 Å². The van der Waals surface area contributed by atoms with Crippen LogP contribution in [0.4, 0.5) is 0 Å². The number of carbonyl (C=O) groups excluding carboxylic acids is 1. The maximum absolute atomic E-state index is 11.9. The highest BCUT2D eigenvalue weighted by atomic mass is 16.7. The van der Waals surface area contributed by atoms with Gasteiger partial charge in [-0.25, -0.2) is 0 Å². The zero-order valence-corrected chi connectivity index (χ0v) is 18.1. The zero-order valence-electron chi connectivity index (χ0n) is 18.1. The minimum absolute atomic E-state index is 0.886. The first-order valence-corrected chi connectivity index (χ1v) is 10.5. The number of rotatable bonds is 11. The molecule has 0 amide bonds. The smallest absolute Gasteiger partial charge is 0.187 e. The van der Waals surface area contributed by atoms with Crippen molar-refractivity contribution in [3.8, 4) is 0 Å². The molecule has 0 radical (unpaired) electrons. The third-order valence-corrected chi connectivity index (χ3v) is 5.72. The van der Waals surface area contributed by atoms with E-state index >= 15 is 0 Å². The number of carbonyl (C=O) groups is 1. The monoisotopic (exact) mass is 519 g/mol. The van der Waals surface area contributed by atoms with Crippen molar-refractivity contribution in [1.82, 2.24) is 0 Å². The van der Waals surface area contributed by atoms with Gasteiger partial charge in [-0.05, 0) is 0 Å². The van der Waals surface area contributed by atoms with Crippen molar-refractivity contribution in [3.63, 3.8) is 0 Å². The molecule has 0 aromatic rings. The molecule has 0 saturated carbocycles. The second-order valence-corrected chi connectivity index (χ2v) is 8.11. The van der Waals surface area contributed by atoms with Gasteiger partial charge in [0, 0.05) is 0 Å². The Labute approximate surface area is 197 Å². The van der Waals surface area contributed by atoms with Crippen molar-refractivity contribution < 1.29 is 85.0 Å². The molecule has 206 valence electrons. The van der Waals surface area contributed by atoms with Crippen LogP contribution >= 0.6 is 0 Å². The second-order valence-electron chi connectivity index (χ2n) is 8.11. The van der Waals surface area contributed by atoms with E-state index in [1.807, 2.05) is 0 Å². The molecule has 0 spiro atoms. The molecule has 11 N–H and O–H groups in total. The maximum atomic E-state index is 11.9. The summed E-state index contributed by atoms with van der Waals surface area (Å²) in [5.74, 6) is -2.17. The fourth-order valence-electron chi connectivity index (χ4n) is 3.58. The Bertz CT molecular complexity index is 663. The second kappa shape index (κ2) is 12.9. The van der Waals surface area contributed by atoms with Crippen molar-refractivity contribution >= 4 is 5.97 Å². The molecule has 2 fully saturated rings. The fraction of sp³-hybridized carbons (Fsp3) is 0.944. The number of aliphatic hydroxyl groups excluding tert-OH is 11. The Kier molecular flexibility index (Phi) is 11.1. The lowest BCUT2D eigenvalue weighted by Gasteiger charge is -2.45. The molecule has 14 unspecified atom stereocenters. The summed E-state index contributed by atoms with van der Waals surface area (Å²) >= 11 is 0. The number of hydrogen-bond acceptors (Lipinski definition) is 17. The first-order valence-electron chi connectivity index (χ1n) is 10.5. The third-order valence-electron chi connectivity index (χ3n) is 5.72. The normalized spacial score (nSPS) is 41.7. The molecule has 0 bridgehead atoms. The number of carboxylic acids is 1. The average Bonchev–Trinajstić information content (AvgIpc) is 2.84. The quantitative estimate of drug-likeness (QED) is 0.121. The number of aliphatic hydroxyl groups is 11. The largest absolute Gasteiger partial charge is 0.547 e. The van der Waals surface area contributed by atoms with Crippen LogP contribution in [0.3, 0.4) is 0 Å². The van der Waals surface area contributed by atoms with E-state index in [0.717, 1.165) is 0 Å². The molecule has 0 aromatic heterocycles. The van der Waals surface area contributed by atoms with Gasteiger partial charge >= 0.3 is 0 Å². The SMILES string of the molecule is O=C([O-])C(OC1OC(CO)C(O)C(O)C1O)C(OC1OC(CO)C(O)C(O)C1O)C(O)C(O)CO. The molecule has 35 heavy (non-hydrogen) atoms. The number of ether oxygens (including phenoxy) is 4. The Balaban J connectivity index is 2.35. The standard InChI is InChI=1S/C18H32O17/c19-1-4(22)7(23)14(34-17-12(28)10(26)8(24)5(2-20)32-17)15(16(30)31)35-18-13(29)11(27)9(25)6(3-21)33-18/h4-15,17-29H,1-3H2,(H,30,31)/p-1. The number of aliphatic carboxylic acids is 1. The van der Waals surface area contributed by atoms with E-state index in [2.05, 4.69) is 0 Å². The van der Waals surface area contributed by atoms with Crippen LogP contribution in [0, 0.1) is 0 Å². The zero-order chi connectivity index (χ0) is 26.6. The maximum Gasteiger partial charge on any atom is 0.187 e. The lowest BCUT2D eigenvalue weighted by atomic mass is 9.97. The van der Waals surface area contributed by atoms with Gasteiger partial charge in [0.1, 0.15) is 73.2 Å². The third kappa shape index (κ3) is 6.60. The van der Waals surface area contributed by atoms with Crippen molar-refractivity contribution in [1.29, 1.82) is 0 Å². The lowest BCUT2D eigenvalue weighted by molar-refractivity contribution is -0.368. The molecule has 2 rings (SSSR count). The summed E-state index contributed by atoms with van der Waals surface area (Å²) in [6, 6.07) is 0. The van der Waals surface area contributed by atoms with Crippen LogP contribution in [0.5, 0.6) is 0 Å². The summed E-state index contributed by atoms with van der Waals surface area (Å²) in [6.07, 6.45) is -28.1. The first-order chi connectivity index (χ1) is 16.4. The molecular weight excluding hydrogens is 488 g/mol. The predicted molar refractivity (Wildman–Crippen MR) is 101 cm³/mol. The topological polar surface area (TPSA) is 300 Å². The lowest BCUT2D eigenvalue weighted by Crippen LogP contribution is -2.65. The van der Waals surface area contributed by atoms with Crippen LogP contribution in [0.2, 0.25) is 0 Å². The molecule has 0 aliphatic carbocycles. The molecule has 2 aliphatic heterocycles. The molecule has 17 nitrogen and oxygen atoms in total. The van der Waals surface area contributed by atoms with Gasteiger partial charge in [-0.2, -0.15) is 0 Å². The Morgan fingerprint density at radius 3 is 1.54 bits per heavy atom. The van der Waals surface area contributed by atoms with Gasteiger partial charge < -0.3 is 85.0 Å². The highest BCUT2D eigenvalue weighted by molar-refractivity contribution is 5.71. The molecule has 2 heterocycles. The Morgan fingerprint density at radius 2 is 1.17 bits per heavy atom. The highest BCUT2D eigenvalue weighted by Gasteiger charge is 2.50. The minimum Gasteiger partial charge on any atom is -0.547 e. The first kappa shape index (κ1) is 30.1. The molecular formula is C18H31O17-. The van der Waals surface area contributed by atoms with Crippen LogP contribution in [-0.2, 0) is 23.7 Å². The van der Waals surface area contributed by atoms with Crippen LogP contribution in [0.15, 0.2) is 0 Å². The summed E-state index contributed by atoms with van der Waals surface area (Å²) in [5, 5.41) is 120. The average molecular weight is 519 g/mol. The van der Waals surface area contributed by atoms with Gasteiger partial charge in [0.15, 0.2) is 12.6 Å². The van der Waals surface area contributed by atoms with Crippen molar-refractivity contribution in [2.75, 3.05) is 19.8 Å². The Hall–Kier alpha value is -1.13. The van der Waals surface area contributed by atoms with E-state index in [4.69, 9.17) is 18.9 Å². The van der Waals surface area contributed by atoms with Crippen molar-refractivity contribution in [2.24, 2.45) is 0 Å². The Morgan fingerprint density at radius 1 is 0.743 bits per heavy atom. The highest BCUT2D eigenvalue weighted by Crippen LogP contribution is 2.28. The van der Waals surface area contributed by atoms with Gasteiger partial charge in [-0.1, -0.05) is 0 Å². The van der Waals surface area contributed by atoms with Crippen molar-refractivity contribution in [3.05, 3.63) is 0 Å². The molecule has 2 aliphatic rings. The molecule has 17 heteroatoms. The van der Waals surface area contributed by atoms with Crippen molar-refractivity contribution in [2.45, 2.75) is 85.8 Å². The van der Waals surface area contributed by atoms with Crippen LogP contribution < -0.4 is 5.11 Å². The summed E-state index contributed by atoms with van der Waals surface area (Å²) in [5.41, 5.74) is 0. The van der Waals surface area contributed by atoms with Gasteiger partial charge in [0.05, 0.1) is 25.8 Å². The summed E-state index contributed by atoms with van der Waals surface area (Å²) in [7, 11) is 0. The number of carboxylic acid groups (broad SMARTS) is 1. The van der Waals surface area contributed by atoms with Gasteiger partial charge in [0.25, 0.3) is 0 Å². The van der Waals surface area contributed by atoms with E-state index in [0.29, 0.717) is 0 Å². The van der Waals surface area contributed by atoms with Crippen LogP contribution in [0.25, 0.3) is 0 Å². The predicted octanol–water partition coefficient (Wildman–Crippen LogP) is -9.18. The summed E-state index contributed by atoms with van der Waals surface area (Å²) in [4.78, 5) is 11.9. The fourth-order valence-corrected chi connectivity index (χ4v) is 3.58. The van der Waals surface area contributed by atoms with E-state index in [9.17, 15) is 66.1 Å². The van der Waals surface area contributed by atoms with Gasteiger partial charge in [-0.3, -0.25) is 0 Å². The molecule has 0 aromatic carbocycles. The van der Waals surface area contributed by atoms with E-state index < -0.39 is 112 Å². The molecule has 2 saturated heterocycles. The van der Waals surface area contributed by atoms with E-state index in [-0.39, 0.29) is 0 Å². The van der Waals surface area contributed by atoms with Gasteiger partial charge in [0.2, 0.25) is 0 Å². The molecule has 14 atom stereocenters. The van der Waals surface area contributed by atoms with E-state index in [1.165, 1.54) is 0 Å². The van der Waals surface area contributed by atoms with E-state index in [1.54, 1.807) is 0 Å². The van der Waals surface area contributed by atoms with Gasteiger partial charge in [-0.15, -0.1) is 0 Å². The van der Waals surface area contributed by atoms with Crippen LogP contribution in [-0.4, -0.2) is 168 Å². The summed E-state index contributed by atoms with van der Waals surface area (Å²) < 4.78 is 20.4. The minimum atomic E-state index is -2.51. The summed E-state index contributed by atoms with van der Waals surface area (Å²) in [6.45, 7) is -2.91. The number of hydrogen-bond donors (Lipinski definition) is 11.